The van der Waals surface area contributed by atoms with Crippen LogP contribution in [0.2, 0.25) is 5.02 Å². The summed E-state index contributed by atoms with van der Waals surface area (Å²) in [7, 11) is 0. The Labute approximate surface area is 98.1 Å². The molecule has 2 aromatic rings. The van der Waals surface area contributed by atoms with Gasteiger partial charge in [-0.05, 0) is 23.3 Å². The van der Waals surface area contributed by atoms with Crippen molar-refractivity contribution >= 4 is 17.6 Å². The fraction of sp³-hybridized carbons (Fsp3) is 0. The largest absolute Gasteiger partial charge is 0.478 e. The van der Waals surface area contributed by atoms with E-state index < -0.39 is 5.97 Å². The molecule has 0 bridgehead atoms. The number of hydrogen-bond acceptors (Lipinski definition) is 1. The maximum atomic E-state index is 10.9. The summed E-state index contributed by atoms with van der Waals surface area (Å²) < 4.78 is 0. The highest BCUT2D eigenvalue weighted by molar-refractivity contribution is 6.33. The standard InChI is InChI=1S/C13H9ClO2/c14-12-7-6-10(8-11(12)13(15)16)9-4-2-1-3-5-9/h1-8H,(H,15,16). The molecule has 0 aliphatic heterocycles. The van der Waals surface area contributed by atoms with E-state index >= 15 is 0 Å². The van der Waals surface area contributed by atoms with E-state index in [1.54, 1.807) is 12.1 Å². The Bertz CT molecular complexity index is 521. The monoisotopic (exact) mass is 232 g/mol. The van der Waals surface area contributed by atoms with Crippen molar-refractivity contribution in [3.8, 4) is 11.1 Å². The molecular formula is C13H9ClO2. The average Bonchev–Trinajstić information content (AvgIpc) is 2.30. The van der Waals surface area contributed by atoms with E-state index in [2.05, 4.69) is 0 Å². The van der Waals surface area contributed by atoms with Crippen molar-refractivity contribution in [3.63, 3.8) is 0 Å². The zero-order valence-electron chi connectivity index (χ0n) is 8.35. The lowest BCUT2D eigenvalue weighted by Gasteiger charge is -2.04. The summed E-state index contributed by atoms with van der Waals surface area (Å²) in [6, 6.07) is 14.6. The van der Waals surface area contributed by atoms with Crippen LogP contribution in [0.25, 0.3) is 11.1 Å². The van der Waals surface area contributed by atoms with Crippen LogP contribution in [0, 0.1) is 0 Å². The summed E-state index contributed by atoms with van der Waals surface area (Å²) in [6.45, 7) is 0. The van der Waals surface area contributed by atoms with Crippen molar-refractivity contribution < 1.29 is 9.90 Å². The Morgan fingerprint density at radius 3 is 2.31 bits per heavy atom. The van der Waals surface area contributed by atoms with Gasteiger partial charge in [0, 0.05) is 0 Å². The van der Waals surface area contributed by atoms with E-state index in [0.29, 0.717) is 0 Å². The van der Waals surface area contributed by atoms with E-state index in [4.69, 9.17) is 16.7 Å². The molecule has 0 amide bonds. The number of rotatable bonds is 2. The normalized spacial score (nSPS) is 10.1. The van der Waals surface area contributed by atoms with E-state index in [1.165, 1.54) is 0 Å². The highest BCUT2D eigenvalue weighted by Gasteiger charge is 2.09. The molecule has 0 aromatic heterocycles. The van der Waals surface area contributed by atoms with Gasteiger partial charge in [-0.3, -0.25) is 0 Å². The highest BCUT2D eigenvalue weighted by atomic mass is 35.5. The molecule has 80 valence electrons. The zero-order valence-corrected chi connectivity index (χ0v) is 9.11. The third-order valence-electron chi connectivity index (χ3n) is 2.30. The quantitative estimate of drug-likeness (QED) is 0.857. The minimum atomic E-state index is -1.01. The molecule has 0 spiro atoms. The lowest BCUT2D eigenvalue weighted by Crippen LogP contribution is -1.97. The lowest BCUT2D eigenvalue weighted by atomic mass is 10.0. The van der Waals surface area contributed by atoms with Crippen LogP contribution in [0.4, 0.5) is 0 Å². The van der Waals surface area contributed by atoms with Gasteiger partial charge in [0.15, 0.2) is 0 Å². The predicted octanol–water partition coefficient (Wildman–Crippen LogP) is 3.71. The number of aromatic carboxylic acids is 1. The third-order valence-corrected chi connectivity index (χ3v) is 2.63. The second kappa shape index (κ2) is 4.37. The first-order chi connectivity index (χ1) is 7.68. The number of carbonyl (C=O) groups is 1. The first-order valence-electron chi connectivity index (χ1n) is 4.77. The molecule has 0 radical (unpaired) electrons. The van der Waals surface area contributed by atoms with Crippen LogP contribution in [0.5, 0.6) is 0 Å². The van der Waals surface area contributed by atoms with Crippen molar-refractivity contribution in [3.05, 3.63) is 59.1 Å². The number of carboxylic acid groups (broad SMARTS) is 1. The second-order valence-corrected chi connectivity index (χ2v) is 3.77. The van der Waals surface area contributed by atoms with Gasteiger partial charge >= 0.3 is 5.97 Å². The minimum Gasteiger partial charge on any atom is -0.478 e. The van der Waals surface area contributed by atoms with Gasteiger partial charge in [-0.2, -0.15) is 0 Å². The average molecular weight is 233 g/mol. The molecule has 0 unspecified atom stereocenters. The highest BCUT2D eigenvalue weighted by Crippen LogP contribution is 2.24. The van der Waals surface area contributed by atoms with E-state index in [-0.39, 0.29) is 10.6 Å². The zero-order chi connectivity index (χ0) is 11.5. The predicted molar refractivity (Wildman–Crippen MR) is 63.8 cm³/mol. The van der Waals surface area contributed by atoms with E-state index in [0.717, 1.165) is 11.1 Å². The molecule has 0 aliphatic rings. The molecule has 0 saturated carbocycles. The molecule has 0 saturated heterocycles. The van der Waals surface area contributed by atoms with Crippen molar-refractivity contribution in [2.24, 2.45) is 0 Å². The first kappa shape index (κ1) is 10.7. The van der Waals surface area contributed by atoms with Crippen molar-refractivity contribution in [2.75, 3.05) is 0 Å². The summed E-state index contributed by atoms with van der Waals surface area (Å²) in [5.41, 5.74) is 1.95. The van der Waals surface area contributed by atoms with Gasteiger partial charge < -0.3 is 5.11 Å². The van der Waals surface area contributed by atoms with E-state index in [9.17, 15) is 4.79 Å². The second-order valence-electron chi connectivity index (χ2n) is 3.37. The van der Waals surface area contributed by atoms with Crippen molar-refractivity contribution in [1.82, 2.24) is 0 Å². The molecular weight excluding hydrogens is 224 g/mol. The SMILES string of the molecule is O=C(O)c1cc(-c2ccccc2)ccc1Cl. The number of hydrogen-bond donors (Lipinski definition) is 1. The molecule has 1 N–H and O–H groups in total. The molecule has 2 rings (SSSR count). The molecule has 0 atom stereocenters. The minimum absolute atomic E-state index is 0.128. The molecule has 2 aromatic carbocycles. The maximum absolute atomic E-state index is 10.9. The van der Waals surface area contributed by atoms with Gasteiger partial charge in [0.1, 0.15) is 0 Å². The van der Waals surface area contributed by atoms with Crippen LogP contribution < -0.4 is 0 Å². The summed E-state index contributed by atoms with van der Waals surface area (Å²) >= 11 is 5.80. The van der Waals surface area contributed by atoms with Gasteiger partial charge in [0.2, 0.25) is 0 Å². The van der Waals surface area contributed by atoms with Crippen molar-refractivity contribution in [1.29, 1.82) is 0 Å². The topological polar surface area (TPSA) is 37.3 Å². The Balaban J connectivity index is 2.52. The number of benzene rings is 2. The van der Waals surface area contributed by atoms with Crippen LogP contribution in [0.1, 0.15) is 10.4 Å². The Morgan fingerprint density at radius 1 is 1.00 bits per heavy atom. The van der Waals surface area contributed by atoms with Crippen molar-refractivity contribution in [2.45, 2.75) is 0 Å². The van der Waals surface area contributed by atoms with E-state index in [1.807, 2.05) is 36.4 Å². The molecule has 0 heterocycles. The van der Waals surface area contributed by atoms with Crippen LogP contribution in [0.15, 0.2) is 48.5 Å². The van der Waals surface area contributed by atoms with Gasteiger partial charge in [0.25, 0.3) is 0 Å². The molecule has 2 nitrogen and oxygen atoms in total. The Kier molecular flexibility index (Phi) is 2.93. The van der Waals surface area contributed by atoms with Crippen LogP contribution in [0.3, 0.4) is 0 Å². The summed E-state index contributed by atoms with van der Waals surface area (Å²) in [5.74, 6) is -1.01. The number of carboxylic acids is 1. The van der Waals surface area contributed by atoms with Gasteiger partial charge in [-0.25, -0.2) is 4.79 Å². The molecule has 16 heavy (non-hydrogen) atoms. The Morgan fingerprint density at radius 2 is 1.69 bits per heavy atom. The maximum Gasteiger partial charge on any atom is 0.337 e. The molecule has 0 aliphatic carbocycles. The lowest BCUT2D eigenvalue weighted by molar-refractivity contribution is 0.0697. The van der Waals surface area contributed by atoms with Crippen LogP contribution in [-0.2, 0) is 0 Å². The fourth-order valence-corrected chi connectivity index (χ4v) is 1.70. The Hall–Kier alpha value is -1.80. The molecule has 3 heteroatoms. The van der Waals surface area contributed by atoms with Crippen LogP contribution in [-0.4, -0.2) is 11.1 Å². The summed E-state index contributed by atoms with van der Waals surface area (Å²) in [5, 5.41) is 9.21. The van der Waals surface area contributed by atoms with Gasteiger partial charge in [0.05, 0.1) is 10.6 Å². The van der Waals surface area contributed by atoms with Gasteiger partial charge in [-0.1, -0.05) is 48.0 Å². The third kappa shape index (κ3) is 2.07. The van der Waals surface area contributed by atoms with Crippen LogP contribution >= 0.6 is 11.6 Å². The van der Waals surface area contributed by atoms with Gasteiger partial charge in [-0.15, -0.1) is 0 Å². The fourth-order valence-electron chi connectivity index (χ4n) is 1.50. The first-order valence-corrected chi connectivity index (χ1v) is 5.14. The smallest absolute Gasteiger partial charge is 0.337 e. The molecule has 0 fully saturated rings. The number of halogens is 1. The summed E-state index contributed by atoms with van der Waals surface area (Å²) in [4.78, 5) is 10.9. The summed E-state index contributed by atoms with van der Waals surface area (Å²) in [6.07, 6.45) is 0.